The zero-order valence-corrected chi connectivity index (χ0v) is 21.8. The lowest BCUT2D eigenvalue weighted by Gasteiger charge is -2.20. The molecular weight excluding hydrogens is 459 g/mol. The number of aromatic nitrogens is 2. The Bertz CT molecular complexity index is 920. The minimum Gasteiger partial charge on any atom is -0.356 e. The molecule has 0 saturated heterocycles. The van der Waals surface area contributed by atoms with Gasteiger partial charge in [-0.25, -0.2) is 0 Å². The Morgan fingerprint density at radius 2 is 1.76 bits per heavy atom. The number of unbranched alkanes of at least 4 members (excludes halogenated alkanes) is 1. The molecule has 182 valence electrons. The number of benzene rings is 1. The van der Waals surface area contributed by atoms with E-state index in [1.165, 1.54) is 0 Å². The van der Waals surface area contributed by atoms with E-state index in [9.17, 15) is 9.59 Å². The molecule has 1 aromatic carbocycles. The SMILES string of the molecule is CCCCNC(=O)CC(CC(C)C)NC(=O)c1cc(-c2c(Cl)cccc2Cl)n(CC(C)C)n1. The van der Waals surface area contributed by atoms with Crippen LogP contribution >= 0.6 is 23.2 Å². The number of nitrogens with zero attached hydrogens (tertiary/aromatic N) is 2. The minimum absolute atomic E-state index is 0.0525. The summed E-state index contributed by atoms with van der Waals surface area (Å²) < 4.78 is 1.78. The van der Waals surface area contributed by atoms with Crippen LogP contribution in [0.2, 0.25) is 10.0 Å². The van der Waals surface area contributed by atoms with Gasteiger partial charge in [-0.1, -0.05) is 70.3 Å². The van der Waals surface area contributed by atoms with Gasteiger partial charge < -0.3 is 10.6 Å². The third-order valence-electron chi connectivity index (χ3n) is 5.15. The molecule has 0 saturated carbocycles. The van der Waals surface area contributed by atoms with Gasteiger partial charge in [0.05, 0.1) is 15.7 Å². The maximum atomic E-state index is 13.1. The quantitative estimate of drug-likeness (QED) is 0.357. The van der Waals surface area contributed by atoms with Gasteiger partial charge in [-0.3, -0.25) is 14.3 Å². The van der Waals surface area contributed by atoms with Crippen molar-refractivity contribution < 1.29 is 9.59 Å². The topological polar surface area (TPSA) is 76.0 Å². The molecule has 2 N–H and O–H groups in total. The molecule has 1 unspecified atom stereocenters. The van der Waals surface area contributed by atoms with Crippen molar-refractivity contribution in [2.24, 2.45) is 11.8 Å². The fourth-order valence-electron chi connectivity index (χ4n) is 3.68. The lowest BCUT2D eigenvalue weighted by molar-refractivity contribution is -0.121. The molecule has 0 aliphatic carbocycles. The summed E-state index contributed by atoms with van der Waals surface area (Å²) >= 11 is 12.9. The monoisotopic (exact) mass is 494 g/mol. The maximum absolute atomic E-state index is 13.1. The van der Waals surface area contributed by atoms with Crippen LogP contribution in [0.4, 0.5) is 0 Å². The number of hydrogen-bond donors (Lipinski definition) is 2. The predicted molar refractivity (Wildman–Crippen MR) is 136 cm³/mol. The smallest absolute Gasteiger partial charge is 0.272 e. The van der Waals surface area contributed by atoms with Crippen molar-refractivity contribution >= 4 is 35.0 Å². The standard InChI is InChI=1S/C25H36Cl2N4O2/c1-6-7-11-28-23(32)13-18(12-16(2)3)29-25(33)21-14-22(31(30-21)15-17(4)5)24-19(26)9-8-10-20(24)27/h8-10,14,16-18H,6-7,11-13,15H2,1-5H3,(H,28,32)(H,29,33). The van der Waals surface area contributed by atoms with Crippen LogP contribution < -0.4 is 10.6 Å². The van der Waals surface area contributed by atoms with Crippen LogP contribution in [0.25, 0.3) is 11.3 Å². The lowest BCUT2D eigenvalue weighted by Crippen LogP contribution is -2.40. The van der Waals surface area contributed by atoms with Crippen molar-refractivity contribution in [1.29, 1.82) is 0 Å². The summed E-state index contributed by atoms with van der Waals surface area (Å²) in [7, 11) is 0. The van der Waals surface area contributed by atoms with Gasteiger partial charge in [-0.05, 0) is 42.9 Å². The Labute approximate surface area is 207 Å². The highest BCUT2D eigenvalue weighted by Gasteiger charge is 2.23. The van der Waals surface area contributed by atoms with Gasteiger partial charge in [-0.15, -0.1) is 0 Å². The van der Waals surface area contributed by atoms with E-state index in [-0.39, 0.29) is 30.0 Å². The van der Waals surface area contributed by atoms with Crippen molar-refractivity contribution in [3.63, 3.8) is 0 Å². The fraction of sp³-hybridized carbons (Fsp3) is 0.560. The molecule has 1 aromatic heterocycles. The molecule has 8 heteroatoms. The molecule has 0 aliphatic rings. The molecule has 33 heavy (non-hydrogen) atoms. The van der Waals surface area contributed by atoms with E-state index >= 15 is 0 Å². The van der Waals surface area contributed by atoms with Gasteiger partial charge in [0.25, 0.3) is 5.91 Å². The Balaban J connectivity index is 2.27. The molecular formula is C25H36Cl2N4O2. The molecule has 0 fully saturated rings. The number of carbonyl (C=O) groups excluding carboxylic acids is 2. The van der Waals surface area contributed by atoms with Crippen molar-refractivity contribution in [3.05, 3.63) is 40.0 Å². The van der Waals surface area contributed by atoms with Crippen molar-refractivity contribution in [2.45, 2.75) is 72.9 Å². The normalized spacial score (nSPS) is 12.3. The number of amides is 2. The zero-order valence-electron chi connectivity index (χ0n) is 20.3. The van der Waals surface area contributed by atoms with Crippen LogP contribution in [0.15, 0.2) is 24.3 Å². The maximum Gasteiger partial charge on any atom is 0.272 e. The summed E-state index contributed by atoms with van der Waals surface area (Å²) in [6.45, 7) is 11.6. The van der Waals surface area contributed by atoms with Crippen LogP contribution in [0.1, 0.15) is 70.8 Å². The van der Waals surface area contributed by atoms with E-state index < -0.39 is 0 Å². The molecule has 1 heterocycles. The Kier molecular flexibility index (Phi) is 10.7. The lowest BCUT2D eigenvalue weighted by atomic mass is 10.0. The number of carbonyl (C=O) groups is 2. The zero-order chi connectivity index (χ0) is 24.5. The first kappa shape index (κ1) is 27.2. The van der Waals surface area contributed by atoms with Crippen molar-refractivity contribution in [1.82, 2.24) is 20.4 Å². The van der Waals surface area contributed by atoms with E-state index in [1.807, 2.05) is 0 Å². The molecule has 2 rings (SSSR count). The number of nitrogens with one attached hydrogen (secondary N) is 2. The number of hydrogen-bond acceptors (Lipinski definition) is 3. The summed E-state index contributed by atoms with van der Waals surface area (Å²) in [4.78, 5) is 25.5. The Morgan fingerprint density at radius 1 is 1.09 bits per heavy atom. The van der Waals surface area contributed by atoms with E-state index in [4.69, 9.17) is 23.2 Å². The molecule has 2 amide bonds. The van der Waals surface area contributed by atoms with Crippen LogP contribution in [0, 0.1) is 11.8 Å². The first-order valence-electron chi connectivity index (χ1n) is 11.7. The second kappa shape index (κ2) is 13.0. The van der Waals surface area contributed by atoms with E-state index in [0.717, 1.165) is 12.8 Å². The summed E-state index contributed by atoms with van der Waals surface area (Å²) in [6, 6.07) is 6.77. The second-order valence-corrected chi connectivity index (χ2v) is 10.1. The van der Waals surface area contributed by atoms with Crippen LogP contribution in [-0.2, 0) is 11.3 Å². The fourth-order valence-corrected chi connectivity index (χ4v) is 4.27. The first-order valence-corrected chi connectivity index (χ1v) is 12.5. The first-order chi connectivity index (χ1) is 15.6. The van der Waals surface area contributed by atoms with Crippen LogP contribution in [0.5, 0.6) is 0 Å². The largest absolute Gasteiger partial charge is 0.356 e. The molecule has 0 aliphatic heterocycles. The van der Waals surface area contributed by atoms with E-state index in [2.05, 4.69) is 50.4 Å². The molecule has 2 aromatic rings. The van der Waals surface area contributed by atoms with Crippen molar-refractivity contribution in [2.75, 3.05) is 6.54 Å². The second-order valence-electron chi connectivity index (χ2n) is 9.29. The highest BCUT2D eigenvalue weighted by molar-refractivity contribution is 6.39. The Hall–Kier alpha value is -2.05. The number of rotatable bonds is 12. The third kappa shape index (κ3) is 8.35. The van der Waals surface area contributed by atoms with Gasteiger partial charge in [-0.2, -0.15) is 5.10 Å². The molecule has 0 spiro atoms. The summed E-state index contributed by atoms with van der Waals surface area (Å²) in [5.41, 5.74) is 1.63. The summed E-state index contributed by atoms with van der Waals surface area (Å²) in [5, 5.41) is 11.5. The summed E-state index contributed by atoms with van der Waals surface area (Å²) in [6.07, 6.45) is 2.89. The third-order valence-corrected chi connectivity index (χ3v) is 5.77. The Morgan fingerprint density at radius 3 is 2.33 bits per heavy atom. The highest BCUT2D eigenvalue weighted by Crippen LogP contribution is 2.35. The average molecular weight is 495 g/mol. The number of halogens is 2. The minimum atomic E-state index is -0.311. The predicted octanol–water partition coefficient (Wildman–Crippen LogP) is 5.96. The van der Waals surface area contributed by atoms with E-state index in [0.29, 0.717) is 52.6 Å². The summed E-state index contributed by atoms with van der Waals surface area (Å²) in [5.74, 6) is 0.272. The van der Waals surface area contributed by atoms with E-state index in [1.54, 1.807) is 28.9 Å². The molecule has 1 atom stereocenters. The van der Waals surface area contributed by atoms with Gasteiger partial charge >= 0.3 is 0 Å². The molecule has 6 nitrogen and oxygen atoms in total. The van der Waals surface area contributed by atoms with Gasteiger partial charge in [0.1, 0.15) is 0 Å². The van der Waals surface area contributed by atoms with Crippen LogP contribution in [-0.4, -0.2) is 34.2 Å². The highest BCUT2D eigenvalue weighted by atomic mass is 35.5. The van der Waals surface area contributed by atoms with Crippen LogP contribution in [0.3, 0.4) is 0 Å². The van der Waals surface area contributed by atoms with Gasteiger partial charge in [0.2, 0.25) is 5.91 Å². The average Bonchev–Trinajstić information content (AvgIpc) is 3.10. The van der Waals surface area contributed by atoms with Gasteiger partial charge in [0, 0.05) is 31.1 Å². The molecule has 0 bridgehead atoms. The molecule has 0 radical (unpaired) electrons. The van der Waals surface area contributed by atoms with Crippen molar-refractivity contribution in [3.8, 4) is 11.3 Å². The van der Waals surface area contributed by atoms with Gasteiger partial charge in [0.15, 0.2) is 5.69 Å².